The molecule has 0 radical (unpaired) electrons. The van der Waals surface area contributed by atoms with Gasteiger partial charge in [-0.05, 0) is 83.2 Å². The molecule has 3 heteroatoms. The van der Waals surface area contributed by atoms with E-state index < -0.39 is 0 Å². The Bertz CT molecular complexity index is 833. The highest BCUT2D eigenvalue weighted by Crippen LogP contribution is 2.13. The number of nitrogens with one attached hydrogen (secondary N) is 2. The molecule has 2 N–H and O–H groups in total. The molecule has 0 amide bonds. The van der Waals surface area contributed by atoms with Gasteiger partial charge in [0.1, 0.15) is 0 Å². The molecule has 0 fully saturated rings. The first-order valence-electron chi connectivity index (χ1n) is 12.6. The Kier molecular flexibility index (Phi) is 22.2. The molecule has 2 aliphatic rings. The second kappa shape index (κ2) is 22.7. The molecule has 1 heterocycles. The molecule has 3 nitrogen and oxygen atoms in total. The summed E-state index contributed by atoms with van der Waals surface area (Å²) in [7, 11) is 2.03. The van der Waals surface area contributed by atoms with E-state index in [-0.39, 0.29) is 0 Å². The first-order chi connectivity index (χ1) is 16.7. The molecule has 1 aromatic rings. The quantitative estimate of drug-likeness (QED) is 0.334. The van der Waals surface area contributed by atoms with E-state index in [0.717, 1.165) is 23.5 Å². The van der Waals surface area contributed by atoms with E-state index in [4.69, 9.17) is 0 Å². The van der Waals surface area contributed by atoms with Gasteiger partial charge in [-0.3, -0.25) is 0 Å². The minimum Gasteiger partial charge on any atom is -0.356 e. The van der Waals surface area contributed by atoms with Crippen LogP contribution in [-0.2, 0) is 0 Å². The normalized spacial score (nSPS) is 13.9. The van der Waals surface area contributed by atoms with Gasteiger partial charge in [0.2, 0.25) is 0 Å². The Labute approximate surface area is 217 Å². The smallest absolute Gasteiger partial charge is 0.0443 e. The maximum atomic E-state index is 3.86. The van der Waals surface area contributed by atoms with Gasteiger partial charge in [0.05, 0.1) is 0 Å². The Morgan fingerprint density at radius 2 is 1.46 bits per heavy atom. The zero-order valence-electron chi connectivity index (χ0n) is 23.9. The van der Waals surface area contributed by atoms with E-state index in [1.165, 1.54) is 29.6 Å². The largest absolute Gasteiger partial charge is 0.356 e. The van der Waals surface area contributed by atoms with Gasteiger partial charge in [-0.25, -0.2) is 5.01 Å². The standard InChI is InChI=1S/C12H15N.C8H14N2.C6H8.C4H8.C2H6/c1-9(2)11(4)13-12-7-5-10(3)6-8-12;1-4-7(2)8-5-9-10(3)6-8;1-2-4-6-5-3-1;1-3-4-2;1-2/h5-8,13H,1,4H2,2-3H3;4-5,9H,6H2,1-3H3;1-4H,5-6H2;3-4H,1-2H3;1-2H3/b;7-4+;;4-3-;. The van der Waals surface area contributed by atoms with E-state index in [2.05, 4.69) is 98.4 Å². The van der Waals surface area contributed by atoms with E-state index in [9.17, 15) is 0 Å². The van der Waals surface area contributed by atoms with Gasteiger partial charge in [0, 0.05) is 31.2 Å². The summed E-state index contributed by atoms with van der Waals surface area (Å²) in [6, 6.07) is 8.19. The lowest BCUT2D eigenvalue weighted by molar-refractivity contribution is 0.329. The van der Waals surface area contributed by atoms with Crippen molar-refractivity contribution in [1.82, 2.24) is 10.4 Å². The van der Waals surface area contributed by atoms with Crippen molar-refractivity contribution < 1.29 is 0 Å². The summed E-state index contributed by atoms with van der Waals surface area (Å²) < 4.78 is 0. The summed E-state index contributed by atoms with van der Waals surface area (Å²) in [6.07, 6.45) is 19.2. The predicted octanol–water partition coefficient (Wildman–Crippen LogP) is 9.28. The van der Waals surface area contributed by atoms with Crippen molar-refractivity contribution in [3.8, 4) is 0 Å². The molecule has 1 aliphatic heterocycles. The van der Waals surface area contributed by atoms with Crippen LogP contribution in [0.5, 0.6) is 0 Å². The van der Waals surface area contributed by atoms with Crippen molar-refractivity contribution in [1.29, 1.82) is 0 Å². The highest BCUT2D eigenvalue weighted by Gasteiger charge is 2.08. The molecule has 0 spiro atoms. The SMILES string of the molecule is C/C=C(\C)C1=CNN(C)C1.C/C=C\C.C1=CCCC=C1.C=C(C)C(=C)Nc1ccc(C)cc1.CC. The molecule has 0 atom stereocenters. The number of benzene rings is 1. The lowest BCUT2D eigenvalue weighted by Crippen LogP contribution is -2.24. The predicted molar refractivity (Wildman–Crippen MR) is 161 cm³/mol. The maximum Gasteiger partial charge on any atom is 0.0443 e. The first-order valence-corrected chi connectivity index (χ1v) is 12.6. The van der Waals surface area contributed by atoms with Gasteiger partial charge in [-0.1, -0.05) is 87.2 Å². The van der Waals surface area contributed by atoms with Crippen LogP contribution in [0.15, 0.2) is 109 Å². The van der Waals surface area contributed by atoms with Crippen molar-refractivity contribution in [3.05, 3.63) is 114 Å². The van der Waals surface area contributed by atoms with Gasteiger partial charge in [-0.2, -0.15) is 0 Å². The Hall–Kier alpha value is -3.04. The van der Waals surface area contributed by atoms with Crippen molar-refractivity contribution in [2.24, 2.45) is 0 Å². The van der Waals surface area contributed by atoms with Crippen molar-refractivity contribution in [2.45, 2.75) is 68.2 Å². The molecule has 0 unspecified atom stereocenters. The second-order valence-corrected chi connectivity index (χ2v) is 7.98. The molecule has 1 aromatic carbocycles. The summed E-state index contributed by atoms with van der Waals surface area (Å²) in [5, 5.41) is 5.23. The van der Waals surface area contributed by atoms with Crippen LogP contribution >= 0.6 is 0 Å². The highest BCUT2D eigenvalue weighted by atomic mass is 15.5. The molecule has 0 saturated heterocycles. The molecule has 35 heavy (non-hydrogen) atoms. The summed E-state index contributed by atoms with van der Waals surface area (Å²) in [5.74, 6) is 0. The van der Waals surface area contributed by atoms with Crippen LogP contribution in [0, 0.1) is 6.92 Å². The van der Waals surface area contributed by atoms with Crippen LogP contribution in [-0.4, -0.2) is 18.6 Å². The number of hydrogen-bond acceptors (Lipinski definition) is 3. The fourth-order valence-corrected chi connectivity index (χ4v) is 2.42. The van der Waals surface area contributed by atoms with E-state index in [0.29, 0.717) is 0 Å². The van der Waals surface area contributed by atoms with E-state index in [1.54, 1.807) is 0 Å². The molecule has 1 aliphatic carbocycles. The minimum atomic E-state index is 0.865. The zero-order valence-corrected chi connectivity index (χ0v) is 23.9. The molecular formula is C32H51N3. The Morgan fingerprint density at radius 3 is 1.77 bits per heavy atom. The topological polar surface area (TPSA) is 27.3 Å². The van der Waals surface area contributed by atoms with Crippen molar-refractivity contribution >= 4 is 5.69 Å². The number of likely N-dealkylation sites (N-methyl/N-ethyl adjacent to an activating group) is 1. The number of nitrogens with zero attached hydrogens (tertiary/aromatic N) is 1. The number of hydrogen-bond donors (Lipinski definition) is 2. The van der Waals surface area contributed by atoms with Crippen molar-refractivity contribution in [3.63, 3.8) is 0 Å². The zero-order chi connectivity index (χ0) is 27.1. The molecule has 0 bridgehead atoms. The van der Waals surface area contributed by atoms with Crippen LogP contribution in [0.4, 0.5) is 5.69 Å². The molecular weight excluding hydrogens is 426 g/mol. The fourth-order valence-electron chi connectivity index (χ4n) is 2.42. The van der Waals surface area contributed by atoms with Gasteiger partial charge < -0.3 is 10.7 Å². The van der Waals surface area contributed by atoms with Gasteiger partial charge in [0.15, 0.2) is 0 Å². The first kappa shape index (κ1) is 34.1. The third kappa shape index (κ3) is 19.0. The number of aryl methyl sites for hydroxylation is 1. The van der Waals surface area contributed by atoms with Gasteiger partial charge in [0.25, 0.3) is 0 Å². The minimum absolute atomic E-state index is 0.865. The summed E-state index contributed by atoms with van der Waals surface area (Å²) >= 11 is 0. The van der Waals surface area contributed by atoms with Crippen molar-refractivity contribution in [2.75, 3.05) is 18.9 Å². The monoisotopic (exact) mass is 477 g/mol. The maximum absolute atomic E-state index is 3.86. The molecule has 0 aromatic heterocycles. The van der Waals surface area contributed by atoms with Crippen LogP contribution in [0.1, 0.15) is 66.9 Å². The number of allylic oxidation sites excluding steroid dienone is 8. The lowest BCUT2D eigenvalue weighted by Gasteiger charge is -2.08. The fraction of sp³-hybridized carbons (Fsp3) is 0.375. The Balaban J connectivity index is 0. The summed E-state index contributed by atoms with van der Waals surface area (Å²) in [5.41, 5.74) is 9.99. The van der Waals surface area contributed by atoms with Crippen LogP contribution in [0.3, 0.4) is 0 Å². The molecule has 3 rings (SSSR count). The molecule has 0 saturated carbocycles. The molecule has 194 valence electrons. The highest BCUT2D eigenvalue weighted by molar-refractivity contribution is 5.52. The number of rotatable bonds is 4. The number of hydrazine groups is 1. The van der Waals surface area contributed by atoms with E-state index >= 15 is 0 Å². The van der Waals surface area contributed by atoms with Crippen LogP contribution in [0.2, 0.25) is 0 Å². The van der Waals surface area contributed by atoms with E-state index in [1.807, 2.05) is 66.0 Å². The summed E-state index contributed by atoms with van der Waals surface area (Å²) in [6.45, 7) is 24.9. The van der Waals surface area contributed by atoms with Gasteiger partial charge >= 0.3 is 0 Å². The number of anilines is 1. The van der Waals surface area contributed by atoms with Crippen LogP contribution < -0.4 is 10.7 Å². The van der Waals surface area contributed by atoms with Gasteiger partial charge in [-0.15, -0.1) is 0 Å². The Morgan fingerprint density at radius 1 is 0.943 bits per heavy atom. The average molecular weight is 478 g/mol. The second-order valence-electron chi connectivity index (χ2n) is 7.98. The lowest BCUT2D eigenvalue weighted by atomic mass is 10.1. The summed E-state index contributed by atoms with van der Waals surface area (Å²) in [4.78, 5) is 0. The third-order valence-corrected chi connectivity index (χ3v) is 4.88. The third-order valence-electron chi connectivity index (χ3n) is 4.88. The average Bonchev–Trinajstić information content (AvgIpc) is 3.34. The van der Waals surface area contributed by atoms with Crippen LogP contribution in [0.25, 0.3) is 0 Å².